The van der Waals surface area contributed by atoms with Gasteiger partial charge >= 0.3 is 0 Å². The Labute approximate surface area is 70.3 Å². The fourth-order valence-electron chi connectivity index (χ4n) is 0.889. The van der Waals surface area contributed by atoms with E-state index in [1.807, 2.05) is 0 Å². The normalized spacial score (nSPS) is 12.9. The molecule has 1 heterocycles. The molecule has 66 valence electrons. The van der Waals surface area contributed by atoms with Gasteiger partial charge in [0.1, 0.15) is 5.82 Å². The van der Waals surface area contributed by atoms with Crippen LogP contribution in [0.3, 0.4) is 0 Å². The largest absolute Gasteiger partial charge is 0.383 e. The van der Waals surface area contributed by atoms with Crippen LogP contribution >= 0.6 is 0 Å². The smallest absolute Gasteiger partial charge is 0.265 e. The monoisotopic (exact) mass is 168 g/mol. The number of rotatable bonds is 1. The van der Waals surface area contributed by atoms with E-state index in [9.17, 15) is 4.79 Å². The van der Waals surface area contributed by atoms with Crippen molar-refractivity contribution >= 4 is 11.7 Å². The summed E-state index contributed by atoms with van der Waals surface area (Å²) < 4.78 is 1.12. The third-order valence-corrected chi connectivity index (χ3v) is 1.46. The molecule has 5 nitrogen and oxygen atoms in total. The molecular formula is C7H12N4O. The van der Waals surface area contributed by atoms with Crippen LogP contribution in [0.5, 0.6) is 0 Å². The number of carbonyl (C=O) groups is 1. The summed E-state index contributed by atoms with van der Waals surface area (Å²) in [5, 5.41) is 3.89. The fourth-order valence-corrected chi connectivity index (χ4v) is 0.889. The Morgan fingerprint density at radius 1 is 1.75 bits per heavy atom. The molecule has 0 saturated carbocycles. The zero-order chi connectivity index (χ0) is 9.30. The highest BCUT2D eigenvalue weighted by Crippen LogP contribution is 2.05. The van der Waals surface area contributed by atoms with Gasteiger partial charge in [0.05, 0.1) is 11.7 Å². The summed E-state index contributed by atoms with van der Waals surface area (Å²) in [4.78, 5) is 11.3. The Balaban J connectivity index is 3.02. The number of aryl methyl sites for hydroxylation is 1. The second kappa shape index (κ2) is 2.94. The van der Waals surface area contributed by atoms with Crippen molar-refractivity contribution in [3.63, 3.8) is 0 Å². The Morgan fingerprint density at radius 2 is 2.33 bits per heavy atom. The zero-order valence-corrected chi connectivity index (χ0v) is 7.11. The van der Waals surface area contributed by atoms with Crippen LogP contribution in [0.25, 0.3) is 0 Å². The molecule has 1 atom stereocenters. The molecule has 12 heavy (non-hydrogen) atoms. The van der Waals surface area contributed by atoms with Gasteiger partial charge in [-0.3, -0.25) is 4.79 Å². The van der Waals surface area contributed by atoms with Crippen molar-refractivity contribution in [2.24, 2.45) is 5.73 Å². The molecule has 0 fully saturated rings. The summed E-state index contributed by atoms with van der Waals surface area (Å²) in [5.41, 5.74) is 11.6. The van der Waals surface area contributed by atoms with Crippen LogP contribution in [-0.2, 0) is 0 Å². The molecule has 0 spiro atoms. The molecule has 1 aromatic rings. The van der Waals surface area contributed by atoms with Crippen LogP contribution in [0, 0.1) is 6.92 Å². The predicted octanol–water partition coefficient (Wildman–Crippen LogP) is -0.239. The van der Waals surface area contributed by atoms with E-state index in [0.29, 0.717) is 11.5 Å². The first kappa shape index (κ1) is 8.73. The average molecular weight is 168 g/mol. The molecule has 0 bridgehead atoms. The molecule has 1 rings (SSSR count). The number of aromatic nitrogens is 2. The summed E-state index contributed by atoms with van der Waals surface area (Å²) in [6, 6.07) is 1.05. The first-order valence-corrected chi connectivity index (χ1v) is 3.64. The summed E-state index contributed by atoms with van der Waals surface area (Å²) >= 11 is 0. The third-order valence-electron chi connectivity index (χ3n) is 1.46. The number of hydrogen-bond acceptors (Lipinski definition) is 4. The van der Waals surface area contributed by atoms with Gasteiger partial charge in [-0.15, -0.1) is 0 Å². The summed E-state index contributed by atoms with van der Waals surface area (Å²) in [6.07, 6.45) is 0. The van der Waals surface area contributed by atoms with E-state index >= 15 is 0 Å². The Hall–Kier alpha value is -1.36. The average Bonchev–Trinajstić information content (AvgIpc) is 2.28. The number of nitrogens with zero attached hydrogens (tertiary/aromatic N) is 2. The van der Waals surface area contributed by atoms with Gasteiger partial charge in [0.25, 0.3) is 5.91 Å². The van der Waals surface area contributed by atoms with Crippen LogP contribution in [0.15, 0.2) is 6.07 Å². The number of carbonyl (C=O) groups excluding carboxylic acids is 1. The van der Waals surface area contributed by atoms with Gasteiger partial charge in [-0.2, -0.15) is 9.78 Å². The first-order valence-electron chi connectivity index (χ1n) is 3.64. The molecule has 1 unspecified atom stereocenters. The second-order valence-electron chi connectivity index (χ2n) is 2.75. The van der Waals surface area contributed by atoms with Gasteiger partial charge < -0.3 is 11.5 Å². The zero-order valence-electron chi connectivity index (χ0n) is 7.11. The lowest BCUT2D eigenvalue weighted by atomic mass is 10.3. The maximum Gasteiger partial charge on any atom is 0.265 e. The van der Waals surface area contributed by atoms with Crippen LogP contribution < -0.4 is 11.5 Å². The molecule has 1 aromatic heterocycles. The van der Waals surface area contributed by atoms with E-state index in [4.69, 9.17) is 11.5 Å². The first-order chi connectivity index (χ1) is 5.52. The number of nitrogen functional groups attached to an aromatic ring is 1. The molecule has 0 aromatic carbocycles. The third kappa shape index (κ3) is 1.45. The maximum atomic E-state index is 11.3. The lowest BCUT2D eigenvalue weighted by Crippen LogP contribution is -2.33. The number of anilines is 1. The van der Waals surface area contributed by atoms with E-state index in [1.54, 1.807) is 19.9 Å². The highest BCUT2D eigenvalue weighted by atomic mass is 16.2. The minimum absolute atomic E-state index is 0.291. The van der Waals surface area contributed by atoms with Gasteiger partial charge in [-0.05, 0) is 13.8 Å². The van der Waals surface area contributed by atoms with Crippen molar-refractivity contribution in [1.82, 2.24) is 9.78 Å². The topological polar surface area (TPSA) is 86.9 Å². The molecule has 0 amide bonds. The maximum absolute atomic E-state index is 11.3. The van der Waals surface area contributed by atoms with Crippen molar-refractivity contribution in [2.75, 3.05) is 5.73 Å². The molecular weight excluding hydrogens is 156 g/mol. The Kier molecular flexibility index (Phi) is 2.14. The van der Waals surface area contributed by atoms with Crippen molar-refractivity contribution in [3.8, 4) is 0 Å². The predicted molar refractivity (Wildman–Crippen MR) is 45.7 cm³/mol. The van der Waals surface area contributed by atoms with Crippen molar-refractivity contribution in [3.05, 3.63) is 11.8 Å². The number of nitrogens with two attached hydrogens (primary N) is 2. The van der Waals surface area contributed by atoms with Crippen LogP contribution in [0.1, 0.15) is 17.4 Å². The number of hydrogen-bond donors (Lipinski definition) is 2. The highest BCUT2D eigenvalue weighted by Gasteiger charge is 2.13. The quantitative estimate of drug-likeness (QED) is 0.606. The SMILES string of the molecule is Cc1cc(N)n(C(=O)C(C)N)n1. The molecule has 0 saturated heterocycles. The molecule has 0 radical (unpaired) electrons. The molecule has 0 aliphatic rings. The van der Waals surface area contributed by atoms with Crippen LogP contribution in [-0.4, -0.2) is 21.7 Å². The van der Waals surface area contributed by atoms with E-state index in [2.05, 4.69) is 5.10 Å². The lowest BCUT2D eigenvalue weighted by Gasteiger charge is -2.04. The molecule has 0 aliphatic heterocycles. The van der Waals surface area contributed by atoms with Gasteiger partial charge in [-0.25, -0.2) is 0 Å². The molecule has 5 heteroatoms. The van der Waals surface area contributed by atoms with Gasteiger partial charge in [0.2, 0.25) is 0 Å². The second-order valence-corrected chi connectivity index (χ2v) is 2.75. The molecule has 4 N–H and O–H groups in total. The Bertz CT molecular complexity index is 302. The molecule has 0 aliphatic carbocycles. The standard InChI is InChI=1S/C7H12N4O/c1-4-3-6(9)11(10-4)7(12)5(2)8/h3,5H,8-9H2,1-2H3. The van der Waals surface area contributed by atoms with Crippen molar-refractivity contribution in [2.45, 2.75) is 19.9 Å². The van der Waals surface area contributed by atoms with Gasteiger partial charge in [0, 0.05) is 6.07 Å². The summed E-state index contributed by atoms with van der Waals surface area (Å²) in [5.74, 6) is 0.0374. The van der Waals surface area contributed by atoms with Gasteiger partial charge in [-0.1, -0.05) is 0 Å². The lowest BCUT2D eigenvalue weighted by molar-refractivity contribution is 0.0873. The summed E-state index contributed by atoms with van der Waals surface area (Å²) in [7, 11) is 0. The van der Waals surface area contributed by atoms with E-state index in [1.165, 1.54) is 0 Å². The Morgan fingerprint density at radius 3 is 2.67 bits per heavy atom. The van der Waals surface area contributed by atoms with Crippen LogP contribution in [0.4, 0.5) is 5.82 Å². The minimum atomic E-state index is -0.577. The van der Waals surface area contributed by atoms with Crippen molar-refractivity contribution < 1.29 is 4.79 Å². The van der Waals surface area contributed by atoms with Gasteiger partial charge in [0.15, 0.2) is 0 Å². The minimum Gasteiger partial charge on any atom is -0.383 e. The van der Waals surface area contributed by atoms with E-state index in [0.717, 1.165) is 4.68 Å². The summed E-state index contributed by atoms with van der Waals surface area (Å²) in [6.45, 7) is 3.36. The fraction of sp³-hybridized carbons (Fsp3) is 0.429. The van der Waals surface area contributed by atoms with Crippen LogP contribution in [0.2, 0.25) is 0 Å². The van der Waals surface area contributed by atoms with E-state index in [-0.39, 0.29) is 5.91 Å². The van der Waals surface area contributed by atoms with Crippen molar-refractivity contribution in [1.29, 1.82) is 0 Å². The highest BCUT2D eigenvalue weighted by molar-refractivity contribution is 5.85. The van der Waals surface area contributed by atoms with E-state index < -0.39 is 6.04 Å².